The van der Waals surface area contributed by atoms with Gasteiger partial charge in [0.25, 0.3) is 0 Å². The van der Waals surface area contributed by atoms with Crippen LogP contribution in [0.3, 0.4) is 0 Å². The molecule has 2 N–H and O–H groups in total. The van der Waals surface area contributed by atoms with Gasteiger partial charge in [-0.05, 0) is 18.6 Å². The molecule has 1 aromatic carbocycles. The summed E-state index contributed by atoms with van der Waals surface area (Å²) in [4.78, 5) is 11.6. The maximum Gasteiger partial charge on any atom is 0.240 e. The standard InChI is InChI=1S/C17H26N2O3/c1-3-4-5-6-7-8-12-16(20)19-18-13-14-10-9-11-15(22-2)17(14)21/h9-11,13,21H,3-8,12H2,1-2H3,(H,19,20)/b18-13-. The van der Waals surface area contributed by atoms with E-state index in [1.54, 1.807) is 18.2 Å². The molecule has 0 atom stereocenters. The van der Waals surface area contributed by atoms with Crippen LogP contribution in [0.4, 0.5) is 0 Å². The van der Waals surface area contributed by atoms with E-state index in [1.807, 2.05) is 0 Å². The maximum atomic E-state index is 11.6. The van der Waals surface area contributed by atoms with Crippen molar-refractivity contribution in [1.82, 2.24) is 5.43 Å². The molecule has 0 unspecified atom stereocenters. The first-order valence-electron chi connectivity index (χ1n) is 7.87. The zero-order valence-corrected chi connectivity index (χ0v) is 13.5. The number of carbonyl (C=O) groups excluding carboxylic acids is 1. The van der Waals surface area contributed by atoms with Gasteiger partial charge in [0.15, 0.2) is 11.5 Å². The molecule has 0 saturated carbocycles. The predicted molar refractivity (Wildman–Crippen MR) is 88.4 cm³/mol. The van der Waals surface area contributed by atoms with E-state index in [2.05, 4.69) is 17.5 Å². The van der Waals surface area contributed by atoms with E-state index in [4.69, 9.17) is 4.74 Å². The first-order valence-corrected chi connectivity index (χ1v) is 7.87. The number of nitrogens with one attached hydrogen (secondary N) is 1. The molecule has 5 heteroatoms. The number of nitrogens with zero attached hydrogens (tertiary/aromatic N) is 1. The number of amides is 1. The van der Waals surface area contributed by atoms with Crippen molar-refractivity contribution in [3.8, 4) is 11.5 Å². The third-order valence-electron chi connectivity index (χ3n) is 3.40. The summed E-state index contributed by atoms with van der Waals surface area (Å²) in [5.74, 6) is 0.287. The van der Waals surface area contributed by atoms with Gasteiger partial charge in [0.1, 0.15) is 0 Å². The van der Waals surface area contributed by atoms with Crippen molar-refractivity contribution in [3.63, 3.8) is 0 Å². The molecular formula is C17H26N2O3. The Morgan fingerprint density at radius 3 is 2.73 bits per heavy atom. The fourth-order valence-corrected chi connectivity index (χ4v) is 2.10. The highest BCUT2D eigenvalue weighted by Gasteiger charge is 2.05. The lowest BCUT2D eigenvalue weighted by Gasteiger charge is -2.05. The van der Waals surface area contributed by atoms with Crippen LogP contribution in [0.25, 0.3) is 0 Å². The minimum Gasteiger partial charge on any atom is -0.504 e. The quantitative estimate of drug-likeness (QED) is 0.394. The number of hydrogen-bond acceptors (Lipinski definition) is 4. The fraction of sp³-hybridized carbons (Fsp3) is 0.529. The van der Waals surface area contributed by atoms with Crippen molar-refractivity contribution in [2.75, 3.05) is 7.11 Å². The number of methoxy groups -OCH3 is 1. The number of hydrazone groups is 1. The van der Waals surface area contributed by atoms with Gasteiger partial charge >= 0.3 is 0 Å². The number of phenolic OH excluding ortho intramolecular Hbond substituents is 1. The fourth-order valence-electron chi connectivity index (χ4n) is 2.10. The van der Waals surface area contributed by atoms with Crippen LogP contribution in [-0.2, 0) is 4.79 Å². The van der Waals surface area contributed by atoms with Gasteiger partial charge in [-0.3, -0.25) is 4.79 Å². The van der Waals surface area contributed by atoms with E-state index in [9.17, 15) is 9.90 Å². The summed E-state index contributed by atoms with van der Waals surface area (Å²) in [6, 6.07) is 5.10. The van der Waals surface area contributed by atoms with E-state index >= 15 is 0 Å². The Hall–Kier alpha value is -2.04. The second kappa shape index (κ2) is 10.7. The van der Waals surface area contributed by atoms with Gasteiger partial charge in [0.05, 0.1) is 13.3 Å². The van der Waals surface area contributed by atoms with Crippen LogP contribution in [-0.4, -0.2) is 24.3 Å². The monoisotopic (exact) mass is 306 g/mol. The van der Waals surface area contributed by atoms with Crippen molar-refractivity contribution < 1.29 is 14.6 Å². The third kappa shape index (κ3) is 6.61. The lowest BCUT2D eigenvalue weighted by molar-refractivity contribution is -0.121. The summed E-state index contributed by atoms with van der Waals surface area (Å²) in [5.41, 5.74) is 2.98. The first kappa shape index (κ1) is 18.0. The Labute approximate surface area is 132 Å². The van der Waals surface area contributed by atoms with Crippen molar-refractivity contribution in [2.45, 2.75) is 51.9 Å². The highest BCUT2D eigenvalue weighted by Crippen LogP contribution is 2.27. The largest absolute Gasteiger partial charge is 0.504 e. The predicted octanol–water partition coefficient (Wildman–Crippen LogP) is 3.60. The first-order chi connectivity index (χ1) is 10.7. The molecule has 1 amide bonds. The number of carbonyl (C=O) groups is 1. The number of para-hydroxylation sites is 1. The molecule has 0 aliphatic carbocycles. The SMILES string of the molecule is CCCCCCCCC(=O)N/N=C\c1cccc(OC)c1O. The lowest BCUT2D eigenvalue weighted by atomic mass is 10.1. The molecular weight excluding hydrogens is 280 g/mol. The van der Waals surface area contributed by atoms with Crippen LogP contribution < -0.4 is 10.2 Å². The van der Waals surface area contributed by atoms with Crippen LogP contribution >= 0.6 is 0 Å². The maximum absolute atomic E-state index is 11.6. The van der Waals surface area contributed by atoms with Gasteiger partial charge in [-0.2, -0.15) is 5.10 Å². The zero-order chi connectivity index (χ0) is 16.2. The molecule has 0 aliphatic heterocycles. The average Bonchev–Trinajstić information content (AvgIpc) is 2.52. The highest BCUT2D eigenvalue weighted by atomic mass is 16.5. The van der Waals surface area contributed by atoms with Crippen LogP contribution in [0.15, 0.2) is 23.3 Å². The Morgan fingerprint density at radius 1 is 1.27 bits per heavy atom. The lowest BCUT2D eigenvalue weighted by Crippen LogP contribution is -2.16. The summed E-state index contributed by atoms with van der Waals surface area (Å²) in [6.07, 6.45) is 8.77. The van der Waals surface area contributed by atoms with Crippen molar-refractivity contribution in [2.24, 2.45) is 5.10 Å². The number of rotatable bonds is 10. The van der Waals surface area contributed by atoms with Gasteiger partial charge in [-0.25, -0.2) is 5.43 Å². The third-order valence-corrected chi connectivity index (χ3v) is 3.40. The minimum absolute atomic E-state index is 0.0129. The number of unbranched alkanes of at least 4 members (excludes halogenated alkanes) is 5. The van der Waals surface area contributed by atoms with Crippen molar-refractivity contribution >= 4 is 12.1 Å². The zero-order valence-electron chi connectivity index (χ0n) is 13.5. The number of phenols is 1. The Bertz CT molecular complexity index is 487. The molecule has 0 aliphatic rings. The van der Waals surface area contributed by atoms with Gasteiger partial charge in [-0.1, -0.05) is 45.1 Å². The molecule has 0 spiro atoms. The molecule has 0 aromatic heterocycles. The van der Waals surface area contributed by atoms with E-state index in [0.29, 0.717) is 17.7 Å². The van der Waals surface area contributed by atoms with Crippen LogP contribution in [0, 0.1) is 0 Å². The molecule has 0 fully saturated rings. The number of benzene rings is 1. The van der Waals surface area contributed by atoms with Gasteiger partial charge in [0, 0.05) is 12.0 Å². The Balaban J connectivity index is 2.29. The molecule has 0 heterocycles. The van der Waals surface area contributed by atoms with Gasteiger partial charge in [0.2, 0.25) is 5.91 Å². The Morgan fingerprint density at radius 2 is 2.00 bits per heavy atom. The molecule has 5 nitrogen and oxygen atoms in total. The van der Waals surface area contributed by atoms with E-state index in [-0.39, 0.29) is 11.7 Å². The average molecular weight is 306 g/mol. The van der Waals surface area contributed by atoms with Gasteiger partial charge in [-0.15, -0.1) is 0 Å². The highest BCUT2D eigenvalue weighted by molar-refractivity contribution is 5.86. The number of hydrogen-bond donors (Lipinski definition) is 2. The van der Waals surface area contributed by atoms with E-state index < -0.39 is 0 Å². The summed E-state index contributed by atoms with van der Waals surface area (Å²) in [7, 11) is 1.48. The molecule has 0 radical (unpaired) electrons. The summed E-state index contributed by atoms with van der Waals surface area (Å²) < 4.78 is 5.01. The van der Waals surface area contributed by atoms with E-state index in [0.717, 1.165) is 12.8 Å². The smallest absolute Gasteiger partial charge is 0.240 e. The molecule has 1 rings (SSSR count). The summed E-state index contributed by atoms with van der Waals surface area (Å²) >= 11 is 0. The Kier molecular flexibility index (Phi) is 8.72. The molecule has 0 bridgehead atoms. The van der Waals surface area contributed by atoms with Crippen LogP contribution in [0.2, 0.25) is 0 Å². The van der Waals surface area contributed by atoms with Gasteiger partial charge < -0.3 is 9.84 Å². The second-order valence-corrected chi connectivity index (χ2v) is 5.21. The number of ether oxygens (including phenoxy) is 1. The van der Waals surface area contributed by atoms with Crippen LogP contribution in [0.5, 0.6) is 11.5 Å². The minimum atomic E-state index is -0.103. The number of aromatic hydroxyl groups is 1. The van der Waals surface area contributed by atoms with E-state index in [1.165, 1.54) is 39.0 Å². The normalized spacial score (nSPS) is 10.8. The molecule has 0 saturated heterocycles. The summed E-state index contributed by atoms with van der Waals surface area (Å²) in [5, 5.41) is 13.7. The molecule has 22 heavy (non-hydrogen) atoms. The second-order valence-electron chi connectivity index (χ2n) is 5.21. The van der Waals surface area contributed by atoms with Crippen molar-refractivity contribution in [1.29, 1.82) is 0 Å². The molecule has 122 valence electrons. The topological polar surface area (TPSA) is 70.9 Å². The summed E-state index contributed by atoms with van der Waals surface area (Å²) in [6.45, 7) is 2.19. The molecule has 1 aromatic rings. The van der Waals surface area contributed by atoms with Crippen molar-refractivity contribution in [3.05, 3.63) is 23.8 Å². The van der Waals surface area contributed by atoms with Crippen LogP contribution in [0.1, 0.15) is 57.4 Å².